The van der Waals surface area contributed by atoms with Gasteiger partial charge in [-0.25, -0.2) is 0 Å². The van der Waals surface area contributed by atoms with Crippen LogP contribution in [0.5, 0.6) is 0 Å². The zero-order valence-corrected chi connectivity index (χ0v) is 12.5. The van der Waals surface area contributed by atoms with E-state index < -0.39 is 0 Å². The van der Waals surface area contributed by atoms with Crippen LogP contribution in [-0.2, 0) is 0 Å². The van der Waals surface area contributed by atoms with Crippen molar-refractivity contribution in [2.24, 2.45) is 0 Å². The molecule has 3 nitrogen and oxygen atoms in total. The second-order valence-electron chi connectivity index (χ2n) is 4.59. The smallest absolute Gasteiger partial charge is 0.253 e. The van der Waals surface area contributed by atoms with E-state index in [2.05, 4.69) is 33.5 Å². The third-order valence-corrected chi connectivity index (χ3v) is 4.06. The van der Waals surface area contributed by atoms with Crippen LogP contribution in [0.15, 0.2) is 22.7 Å². The molecule has 1 amide bonds. The summed E-state index contributed by atoms with van der Waals surface area (Å²) in [7, 11) is 0. The lowest BCUT2D eigenvalue weighted by molar-refractivity contribution is 0.0920. The van der Waals surface area contributed by atoms with E-state index >= 15 is 0 Å². The first-order chi connectivity index (χ1) is 8.58. The average Bonchev–Trinajstić information content (AvgIpc) is 2.32. The number of halogens is 2. The number of nitrogens with one attached hydrogen (secondary N) is 2. The summed E-state index contributed by atoms with van der Waals surface area (Å²) in [5, 5.41) is 6.87. The van der Waals surface area contributed by atoms with Gasteiger partial charge in [-0.1, -0.05) is 27.5 Å². The number of benzene rings is 1. The molecule has 0 saturated carbocycles. The average molecular weight is 332 g/mol. The van der Waals surface area contributed by atoms with Crippen LogP contribution in [0.25, 0.3) is 0 Å². The van der Waals surface area contributed by atoms with Crippen LogP contribution in [0.4, 0.5) is 0 Å². The molecule has 1 aromatic carbocycles. The monoisotopic (exact) mass is 330 g/mol. The number of piperidine rings is 1. The van der Waals surface area contributed by atoms with E-state index in [1.54, 1.807) is 12.1 Å². The van der Waals surface area contributed by atoms with Gasteiger partial charge in [-0.15, -0.1) is 0 Å². The predicted molar refractivity (Wildman–Crippen MR) is 77.1 cm³/mol. The first kappa shape index (κ1) is 13.8. The van der Waals surface area contributed by atoms with Crippen LogP contribution in [0.3, 0.4) is 0 Å². The number of amides is 1. The number of rotatable bonds is 2. The molecule has 1 heterocycles. The molecule has 1 saturated heterocycles. The maximum atomic E-state index is 12.2. The van der Waals surface area contributed by atoms with Crippen LogP contribution in [0.2, 0.25) is 5.02 Å². The van der Waals surface area contributed by atoms with Crippen molar-refractivity contribution >= 4 is 33.4 Å². The quantitative estimate of drug-likeness (QED) is 0.875. The van der Waals surface area contributed by atoms with Crippen LogP contribution in [0.1, 0.15) is 30.1 Å². The van der Waals surface area contributed by atoms with Gasteiger partial charge < -0.3 is 10.6 Å². The predicted octanol–water partition coefficient (Wildman–Crippen LogP) is 2.97. The molecule has 0 radical (unpaired) electrons. The Labute approximate surface area is 120 Å². The molecule has 2 unspecified atom stereocenters. The summed E-state index contributed by atoms with van der Waals surface area (Å²) >= 11 is 9.40. The Balaban J connectivity index is 2.07. The van der Waals surface area contributed by atoms with Gasteiger partial charge in [0.15, 0.2) is 0 Å². The fraction of sp³-hybridized carbons (Fsp3) is 0.462. The molecule has 0 aliphatic carbocycles. The SMILES string of the molecule is CC1NCCCC1NC(=O)c1ccc(Br)cc1Cl. The van der Waals surface area contributed by atoms with Gasteiger partial charge in [0.1, 0.15) is 0 Å². The van der Waals surface area contributed by atoms with E-state index in [-0.39, 0.29) is 11.9 Å². The highest BCUT2D eigenvalue weighted by molar-refractivity contribution is 9.10. The van der Waals surface area contributed by atoms with Crippen molar-refractivity contribution in [3.8, 4) is 0 Å². The third-order valence-electron chi connectivity index (χ3n) is 3.25. The van der Waals surface area contributed by atoms with Gasteiger partial charge >= 0.3 is 0 Å². The van der Waals surface area contributed by atoms with Gasteiger partial charge in [-0.05, 0) is 44.5 Å². The Kier molecular flexibility index (Phi) is 4.65. The van der Waals surface area contributed by atoms with E-state index in [4.69, 9.17) is 11.6 Å². The molecular formula is C13H16BrClN2O. The zero-order valence-electron chi connectivity index (χ0n) is 10.2. The number of hydrogen-bond donors (Lipinski definition) is 2. The van der Waals surface area contributed by atoms with Crippen LogP contribution in [-0.4, -0.2) is 24.5 Å². The highest BCUT2D eigenvalue weighted by atomic mass is 79.9. The molecule has 1 aromatic rings. The second-order valence-corrected chi connectivity index (χ2v) is 5.91. The van der Waals surface area contributed by atoms with E-state index in [0.717, 1.165) is 23.9 Å². The molecular weight excluding hydrogens is 316 g/mol. The fourth-order valence-electron chi connectivity index (χ4n) is 2.16. The van der Waals surface area contributed by atoms with Crippen molar-refractivity contribution in [3.05, 3.63) is 33.3 Å². The minimum Gasteiger partial charge on any atom is -0.348 e. The number of hydrogen-bond acceptors (Lipinski definition) is 2. The summed E-state index contributed by atoms with van der Waals surface area (Å²) in [6.07, 6.45) is 2.09. The Morgan fingerprint density at radius 2 is 2.33 bits per heavy atom. The van der Waals surface area contributed by atoms with Gasteiger partial charge in [-0.3, -0.25) is 4.79 Å². The van der Waals surface area contributed by atoms with Crippen molar-refractivity contribution in [1.82, 2.24) is 10.6 Å². The number of carbonyl (C=O) groups is 1. The van der Waals surface area contributed by atoms with Crippen LogP contribution >= 0.6 is 27.5 Å². The summed E-state index contributed by atoms with van der Waals surface area (Å²) < 4.78 is 0.872. The first-order valence-corrected chi connectivity index (χ1v) is 7.24. The Bertz CT molecular complexity index is 453. The maximum Gasteiger partial charge on any atom is 0.253 e. The molecule has 0 aromatic heterocycles. The van der Waals surface area contributed by atoms with Crippen LogP contribution in [0, 0.1) is 0 Å². The molecule has 98 valence electrons. The van der Waals surface area contributed by atoms with Crippen molar-refractivity contribution in [2.75, 3.05) is 6.54 Å². The molecule has 1 aliphatic heterocycles. The topological polar surface area (TPSA) is 41.1 Å². The minimum absolute atomic E-state index is 0.104. The van der Waals surface area contributed by atoms with Gasteiger partial charge in [0.2, 0.25) is 0 Å². The van der Waals surface area contributed by atoms with E-state index in [0.29, 0.717) is 16.6 Å². The molecule has 0 bridgehead atoms. The molecule has 1 aliphatic rings. The summed E-state index contributed by atoms with van der Waals surface area (Å²) in [5.74, 6) is -0.104. The normalized spacial score (nSPS) is 23.7. The molecule has 0 spiro atoms. The summed E-state index contributed by atoms with van der Waals surface area (Å²) in [6.45, 7) is 3.11. The Morgan fingerprint density at radius 1 is 1.56 bits per heavy atom. The van der Waals surface area contributed by atoms with Crippen molar-refractivity contribution < 1.29 is 4.79 Å². The maximum absolute atomic E-state index is 12.2. The minimum atomic E-state index is -0.104. The molecule has 2 atom stereocenters. The molecule has 5 heteroatoms. The van der Waals surface area contributed by atoms with E-state index in [1.165, 1.54) is 0 Å². The summed E-state index contributed by atoms with van der Waals surface area (Å²) in [5.41, 5.74) is 0.526. The lowest BCUT2D eigenvalue weighted by Crippen LogP contribution is -2.51. The molecule has 2 rings (SSSR count). The lowest BCUT2D eigenvalue weighted by Gasteiger charge is -2.30. The highest BCUT2D eigenvalue weighted by Crippen LogP contribution is 2.21. The molecule has 1 fully saturated rings. The number of carbonyl (C=O) groups excluding carboxylic acids is 1. The summed E-state index contributed by atoms with van der Waals surface area (Å²) in [6, 6.07) is 5.77. The third kappa shape index (κ3) is 3.25. The lowest BCUT2D eigenvalue weighted by atomic mass is 9.99. The Morgan fingerprint density at radius 3 is 3.00 bits per heavy atom. The fourth-order valence-corrected chi connectivity index (χ4v) is 2.92. The van der Waals surface area contributed by atoms with Crippen molar-refractivity contribution in [2.45, 2.75) is 31.8 Å². The van der Waals surface area contributed by atoms with Crippen molar-refractivity contribution in [1.29, 1.82) is 0 Å². The van der Waals surface area contributed by atoms with Crippen molar-refractivity contribution in [3.63, 3.8) is 0 Å². The van der Waals surface area contributed by atoms with Gasteiger partial charge in [0, 0.05) is 16.6 Å². The summed E-state index contributed by atoms with van der Waals surface area (Å²) in [4.78, 5) is 12.2. The van der Waals surface area contributed by atoms with Crippen LogP contribution < -0.4 is 10.6 Å². The van der Waals surface area contributed by atoms with E-state index in [1.807, 2.05) is 6.07 Å². The van der Waals surface area contributed by atoms with E-state index in [9.17, 15) is 4.79 Å². The highest BCUT2D eigenvalue weighted by Gasteiger charge is 2.23. The molecule has 2 N–H and O–H groups in total. The van der Waals surface area contributed by atoms with Gasteiger partial charge in [-0.2, -0.15) is 0 Å². The largest absolute Gasteiger partial charge is 0.348 e. The van der Waals surface area contributed by atoms with Gasteiger partial charge in [0.25, 0.3) is 5.91 Å². The second kappa shape index (κ2) is 6.04. The molecule has 18 heavy (non-hydrogen) atoms. The first-order valence-electron chi connectivity index (χ1n) is 6.07. The standard InChI is InChI=1S/C13H16BrClN2O/c1-8-12(3-2-6-16-8)17-13(18)10-5-4-9(14)7-11(10)15/h4-5,7-8,12,16H,2-3,6H2,1H3,(H,17,18). The Hall–Kier alpha value is -0.580. The van der Waals surface area contributed by atoms with Gasteiger partial charge in [0.05, 0.1) is 10.6 Å². The zero-order chi connectivity index (χ0) is 13.1.